The molecule has 0 saturated heterocycles. The van der Waals surface area contributed by atoms with Gasteiger partial charge in [-0.05, 0) is 58.6 Å². The number of hydrogen-bond donors (Lipinski definition) is 0. The molecule has 6 rings (SSSR count). The van der Waals surface area contributed by atoms with E-state index in [1.807, 2.05) is 36.4 Å². The van der Waals surface area contributed by atoms with E-state index in [-0.39, 0.29) is 0 Å². The van der Waals surface area contributed by atoms with Gasteiger partial charge >= 0.3 is 0 Å². The van der Waals surface area contributed by atoms with Gasteiger partial charge in [-0.25, -0.2) is 0 Å². The summed E-state index contributed by atoms with van der Waals surface area (Å²) in [4.78, 5) is 0. The molecule has 0 unspecified atom stereocenters. The van der Waals surface area contributed by atoms with Crippen molar-refractivity contribution in [3.8, 4) is 22.3 Å². The number of hydrogen-bond acceptors (Lipinski definition) is 0. The van der Waals surface area contributed by atoms with Crippen molar-refractivity contribution < 1.29 is 0 Å². The van der Waals surface area contributed by atoms with Gasteiger partial charge in [-0.2, -0.15) is 0 Å². The van der Waals surface area contributed by atoms with Crippen LogP contribution in [0.3, 0.4) is 0 Å². The average molecular weight is 507 g/mol. The highest BCUT2D eigenvalue weighted by molar-refractivity contribution is 7.80. The van der Waals surface area contributed by atoms with Crippen LogP contribution < -0.4 is 15.9 Å². The minimum atomic E-state index is -0.679. The molecule has 0 fully saturated rings. The van der Waals surface area contributed by atoms with Crippen molar-refractivity contribution >= 4 is 23.8 Å². The first-order chi connectivity index (χ1) is 18.8. The third-order valence-electron chi connectivity index (χ3n) is 6.49. The van der Waals surface area contributed by atoms with Gasteiger partial charge in [-0.1, -0.05) is 170 Å². The van der Waals surface area contributed by atoms with Crippen molar-refractivity contribution in [2.75, 3.05) is 0 Å². The van der Waals surface area contributed by atoms with E-state index in [0.717, 1.165) is 0 Å². The summed E-state index contributed by atoms with van der Waals surface area (Å²) in [6.45, 7) is 2.19. The molecule has 38 heavy (non-hydrogen) atoms. The maximum atomic E-state index is 2.32. The summed E-state index contributed by atoms with van der Waals surface area (Å²) in [5.74, 6) is 0. The Morgan fingerprint density at radius 1 is 0.316 bits per heavy atom. The molecule has 0 saturated carbocycles. The van der Waals surface area contributed by atoms with Gasteiger partial charge < -0.3 is 0 Å². The number of aryl methyl sites for hydroxylation is 1. The Bertz CT molecular complexity index is 1490. The lowest BCUT2D eigenvalue weighted by Crippen LogP contribution is -2.22. The topological polar surface area (TPSA) is 0 Å². The lowest BCUT2D eigenvalue weighted by molar-refractivity contribution is 1.46. The summed E-state index contributed by atoms with van der Waals surface area (Å²) in [6.07, 6.45) is 0. The predicted octanol–water partition coefficient (Wildman–Crippen LogP) is 8.77. The van der Waals surface area contributed by atoms with Crippen molar-refractivity contribution in [3.63, 3.8) is 0 Å². The predicted molar refractivity (Wildman–Crippen MR) is 167 cm³/mol. The maximum Gasteiger partial charge on any atom is -0.00724 e. The van der Waals surface area contributed by atoms with Gasteiger partial charge in [-0.15, -0.1) is 0 Å². The maximum absolute atomic E-state index is 2.32. The van der Waals surface area contributed by atoms with Gasteiger partial charge in [0.15, 0.2) is 0 Å². The third-order valence-corrected chi connectivity index (χ3v) is 8.99. The second-order valence-corrected chi connectivity index (χ2v) is 11.2. The fourth-order valence-electron chi connectivity index (χ4n) is 4.69. The Hall–Kier alpha value is -4.25. The zero-order valence-electron chi connectivity index (χ0n) is 21.6. The molecule has 1 heteroatoms. The van der Waals surface area contributed by atoms with Gasteiger partial charge in [0.2, 0.25) is 0 Å². The molecule has 0 heterocycles. The summed E-state index contributed by atoms with van der Waals surface area (Å²) in [5.41, 5.74) is 6.48. The van der Waals surface area contributed by atoms with Crippen molar-refractivity contribution in [3.05, 3.63) is 175 Å². The lowest BCUT2D eigenvalue weighted by atomic mass is 9.92. The molecule has 0 radical (unpaired) electrons. The molecule has 0 nitrogen and oxygen atoms in total. The Labute approximate surface area is 228 Å². The molecule has 0 aliphatic rings. The quantitative estimate of drug-likeness (QED) is 0.205. The molecule has 0 atom stereocenters. The molecular formula is C37H31P. The standard InChI is InChI=1S/C31H25P.C6H6/c1-24-14-8-9-19-27(24)28-20-10-11-21-29(28)30-22-12-13-23-31(30)32(25-15-4-2-5-16-25)26-17-6-3-7-18-26;1-2-4-6-5-3-1/h2-23H,1H3;1-6H. The van der Waals surface area contributed by atoms with Crippen LogP contribution in [0.2, 0.25) is 0 Å². The van der Waals surface area contributed by atoms with Crippen LogP contribution >= 0.6 is 7.92 Å². The van der Waals surface area contributed by atoms with Crippen molar-refractivity contribution in [1.82, 2.24) is 0 Å². The normalized spacial score (nSPS) is 10.5. The fraction of sp³-hybridized carbons (Fsp3) is 0.0270. The first kappa shape index (κ1) is 25.4. The molecular weight excluding hydrogens is 475 g/mol. The van der Waals surface area contributed by atoms with Gasteiger partial charge in [0, 0.05) is 0 Å². The van der Waals surface area contributed by atoms with Crippen LogP contribution in [-0.2, 0) is 0 Å². The molecule has 184 valence electrons. The average Bonchev–Trinajstić information content (AvgIpc) is 3.00. The van der Waals surface area contributed by atoms with E-state index in [0.29, 0.717) is 0 Å². The summed E-state index contributed by atoms with van der Waals surface area (Å²) < 4.78 is 0. The van der Waals surface area contributed by atoms with E-state index >= 15 is 0 Å². The summed E-state index contributed by atoms with van der Waals surface area (Å²) in [7, 11) is -0.679. The van der Waals surface area contributed by atoms with E-state index in [1.54, 1.807) is 0 Å². The molecule has 0 amide bonds. The Morgan fingerprint density at radius 2 is 0.658 bits per heavy atom. The molecule has 0 aliphatic heterocycles. The van der Waals surface area contributed by atoms with Crippen LogP contribution in [0.5, 0.6) is 0 Å². The van der Waals surface area contributed by atoms with E-state index in [9.17, 15) is 0 Å². The van der Waals surface area contributed by atoms with Gasteiger partial charge in [0.25, 0.3) is 0 Å². The Balaban J connectivity index is 0.000000433. The molecule has 0 aliphatic carbocycles. The third kappa shape index (κ3) is 6.00. The van der Waals surface area contributed by atoms with Crippen molar-refractivity contribution in [2.45, 2.75) is 6.92 Å². The van der Waals surface area contributed by atoms with Crippen molar-refractivity contribution in [1.29, 1.82) is 0 Å². The van der Waals surface area contributed by atoms with E-state index in [1.165, 1.54) is 43.7 Å². The first-order valence-electron chi connectivity index (χ1n) is 13.0. The molecule has 0 bridgehead atoms. The Kier molecular flexibility index (Phi) is 8.57. The minimum Gasteiger partial charge on any atom is -0.0623 e. The summed E-state index contributed by atoms with van der Waals surface area (Å²) in [5, 5.41) is 4.13. The highest BCUT2D eigenvalue weighted by Crippen LogP contribution is 2.40. The van der Waals surface area contributed by atoms with E-state index in [2.05, 4.69) is 140 Å². The lowest BCUT2D eigenvalue weighted by Gasteiger charge is -2.23. The SMILES string of the molecule is Cc1ccccc1-c1ccccc1-c1ccccc1P(c1ccccc1)c1ccccc1.c1ccccc1. The van der Waals surface area contributed by atoms with Crippen LogP contribution in [0.1, 0.15) is 5.56 Å². The largest absolute Gasteiger partial charge is 0.0623 e. The Morgan fingerprint density at radius 3 is 1.16 bits per heavy atom. The highest BCUT2D eigenvalue weighted by Gasteiger charge is 2.21. The first-order valence-corrected chi connectivity index (χ1v) is 14.3. The minimum absolute atomic E-state index is 0.679. The number of rotatable bonds is 5. The molecule has 6 aromatic rings. The molecule has 0 spiro atoms. The summed E-state index contributed by atoms with van der Waals surface area (Å²) in [6, 6.07) is 60.3. The zero-order valence-corrected chi connectivity index (χ0v) is 22.5. The molecule has 0 aromatic heterocycles. The van der Waals surface area contributed by atoms with Crippen LogP contribution in [-0.4, -0.2) is 0 Å². The van der Waals surface area contributed by atoms with E-state index < -0.39 is 7.92 Å². The summed E-state index contributed by atoms with van der Waals surface area (Å²) >= 11 is 0. The second kappa shape index (κ2) is 12.8. The van der Waals surface area contributed by atoms with Crippen LogP contribution in [0.15, 0.2) is 170 Å². The number of benzene rings is 6. The monoisotopic (exact) mass is 506 g/mol. The van der Waals surface area contributed by atoms with Crippen molar-refractivity contribution in [2.24, 2.45) is 0 Å². The van der Waals surface area contributed by atoms with Crippen LogP contribution in [0.4, 0.5) is 0 Å². The van der Waals surface area contributed by atoms with Crippen LogP contribution in [0.25, 0.3) is 22.3 Å². The second-order valence-electron chi connectivity index (χ2n) is 9.04. The molecule has 0 N–H and O–H groups in total. The zero-order chi connectivity index (χ0) is 26.0. The van der Waals surface area contributed by atoms with Crippen LogP contribution in [0, 0.1) is 6.92 Å². The van der Waals surface area contributed by atoms with Gasteiger partial charge in [-0.3, -0.25) is 0 Å². The highest BCUT2D eigenvalue weighted by atomic mass is 31.1. The van der Waals surface area contributed by atoms with Gasteiger partial charge in [0.05, 0.1) is 0 Å². The fourth-order valence-corrected chi connectivity index (χ4v) is 7.16. The smallest absolute Gasteiger partial charge is 0.00724 e. The molecule has 6 aromatic carbocycles. The van der Waals surface area contributed by atoms with E-state index in [4.69, 9.17) is 0 Å². The van der Waals surface area contributed by atoms with Gasteiger partial charge in [0.1, 0.15) is 0 Å².